The lowest BCUT2D eigenvalue weighted by molar-refractivity contribution is -0.114. The van der Waals surface area contributed by atoms with E-state index in [2.05, 4.69) is 39.8 Å². The Balaban J connectivity index is 1.23. The van der Waals surface area contributed by atoms with E-state index in [-0.39, 0.29) is 23.3 Å². The molecule has 1 aliphatic rings. The van der Waals surface area contributed by atoms with Crippen molar-refractivity contribution >= 4 is 46.3 Å². The van der Waals surface area contributed by atoms with E-state index in [1.807, 2.05) is 55.5 Å². The molecule has 2 N–H and O–H groups in total. The molecule has 0 aliphatic carbocycles. The average molecular weight is 432 g/mol. The molecule has 0 atom stereocenters. The summed E-state index contributed by atoms with van der Waals surface area (Å²) in [5, 5.41) is 5.75. The lowest BCUT2D eigenvalue weighted by Gasteiger charge is -2.20. The van der Waals surface area contributed by atoms with E-state index in [4.69, 9.17) is 0 Å². The van der Waals surface area contributed by atoms with Gasteiger partial charge in [0.2, 0.25) is 11.8 Å². The highest BCUT2D eigenvalue weighted by molar-refractivity contribution is 8.00. The van der Waals surface area contributed by atoms with Crippen molar-refractivity contribution in [3.05, 3.63) is 83.9 Å². The number of benzene rings is 3. The monoisotopic (exact) mass is 431 g/mol. The molecule has 0 bridgehead atoms. The molecule has 0 saturated heterocycles. The van der Waals surface area contributed by atoms with Crippen molar-refractivity contribution in [2.45, 2.75) is 13.3 Å². The van der Waals surface area contributed by atoms with Gasteiger partial charge in [-0.2, -0.15) is 0 Å². The number of fused-ring (bicyclic) bond motifs is 1. The summed E-state index contributed by atoms with van der Waals surface area (Å²) < 4.78 is 0. The van der Waals surface area contributed by atoms with Gasteiger partial charge in [0.1, 0.15) is 0 Å². The number of carbonyl (C=O) groups excluding carboxylic acids is 2. The minimum atomic E-state index is -0.118. The fourth-order valence-corrected chi connectivity index (χ4v) is 4.30. The summed E-state index contributed by atoms with van der Waals surface area (Å²) in [4.78, 5) is 26.6. The first kappa shape index (κ1) is 21.0. The van der Waals surface area contributed by atoms with Gasteiger partial charge in [-0.3, -0.25) is 9.59 Å². The summed E-state index contributed by atoms with van der Waals surface area (Å²) in [7, 11) is 0. The highest BCUT2D eigenvalue weighted by atomic mass is 32.2. The molecule has 0 saturated carbocycles. The second-order valence-corrected chi connectivity index (χ2v) is 8.52. The lowest BCUT2D eigenvalue weighted by Crippen LogP contribution is -2.18. The van der Waals surface area contributed by atoms with E-state index >= 15 is 0 Å². The number of hydrogen-bond donors (Lipinski definition) is 2. The van der Waals surface area contributed by atoms with Crippen molar-refractivity contribution in [1.29, 1.82) is 0 Å². The molecule has 0 fully saturated rings. The number of amides is 2. The van der Waals surface area contributed by atoms with Crippen molar-refractivity contribution in [2.75, 3.05) is 33.6 Å². The number of nitrogens with zero attached hydrogens (tertiary/aromatic N) is 1. The van der Waals surface area contributed by atoms with Crippen LogP contribution < -0.4 is 15.5 Å². The maximum Gasteiger partial charge on any atom is 0.234 e. The van der Waals surface area contributed by atoms with Gasteiger partial charge in [-0.05, 0) is 66.9 Å². The van der Waals surface area contributed by atoms with Crippen LogP contribution in [0.25, 0.3) is 0 Å². The first-order valence-corrected chi connectivity index (χ1v) is 11.4. The zero-order valence-electron chi connectivity index (χ0n) is 17.4. The van der Waals surface area contributed by atoms with E-state index in [9.17, 15) is 9.59 Å². The number of anilines is 4. The van der Waals surface area contributed by atoms with Crippen LogP contribution in [-0.2, 0) is 16.0 Å². The number of rotatable bonds is 7. The van der Waals surface area contributed by atoms with Gasteiger partial charge in [-0.1, -0.05) is 30.3 Å². The van der Waals surface area contributed by atoms with E-state index in [0.29, 0.717) is 0 Å². The highest BCUT2D eigenvalue weighted by Gasteiger charge is 2.19. The van der Waals surface area contributed by atoms with Crippen LogP contribution in [0.5, 0.6) is 0 Å². The van der Waals surface area contributed by atoms with Crippen LogP contribution in [0.1, 0.15) is 11.1 Å². The number of thioether (sulfide) groups is 1. The Morgan fingerprint density at radius 2 is 1.58 bits per heavy atom. The van der Waals surface area contributed by atoms with Gasteiger partial charge in [0.15, 0.2) is 0 Å². The van der Waals surface area contributed by atoms with Crippen molar-refractivity contribution in [1.82, 2.24) is 0 Å². The van der Waals surface area contributed by atoms with E-state index in [0.717, 1.165) is 35.6 Å². The van der Waals surface area contributed by atoms with Gasteiger partial charge >= 0.3 is 0 Å². The van der Waals surface area contributed by atoms with Crippen LogP contribution in [-0.4, -0.2) is 29.9 Å². The number of hydrogen-bond acceptors (Lipinski definition) is 4. The zero-order valence-corrected chi connectivity index (χ0v) is 18.2. The minimum absolute atomic E-state index is 0.112. The molecule has 3 aromatic carbocycles. The largest absolute Gasteiger partial charge is 0.341 e. The average Bonchev–Trinajstić information content (AvgIpc) is 3.18. The Kier molecular flexibility index (Phi) is 6.57. The van der Waals surface area contributed by atoms with Crippen molar-refractivity contribution in [3.63, 3.8) is 0 Å². The molecule has 0 spiro atoms. The summed E-state index contributed by atoms with van der Waals surface area (Å²) in [5.74, 6) is 0.225. The summed E-state index contributed by atoms with van der Waals surface area (Å²) in [5.41, 5.74) is 6.35. The maximum absolute atomic E-state index is 12.2. The van der Waals surface area contributed by atoms with Gasteiger partial charge in [-0.15, -0.1) is 11.8 Å². The predicted molar refractivity (Wildman–Crippen MR) is 129 cm³/mol. The van der Waals surface area contributed by atoms with Crippen LogP contribution in [0.4, 0.5) is 22.7 Å². The van der Waals surface area contributed by atoms with Gasteiger partial charge in [0.25, 0.3) is 0 Å². The highest BCUT2D eigenvalue weighted by Crippen LogP contribution is 2.34. The van der Waals surface area contributed by atoms with Crippen molar-refractivity contribution in [3.8, 4) is 0 Å². The summed E-state index contributed by atoms with van der Waals surface area (Å²) in [6.07, 6.45) is 1.04. The third-order valence-electron chi connectivity index (χ3n) is 5.12. The second-order valence-electron chi connectivity index (χ2n) is 7.54. The molecule has 2 amide bonds. The third kappa shape index (κ3) is 5.47. The summed E-state index contributed by atoms with van der Waals surface area (Å²) in [6.45, 7) is 2.94. The molecule has 5 nitrogen and oxygen atoms in total. The smallest absolute Gasteiger partial charge is 0.234 e. The SMILES string of the molecule is Cc1cccc(NC(=O)CSCC(=O)Nc2ccc(N3CCc4ccccc43)cc2)c1. The Labute approximate surface area is 186 Å². The normalized spacial score (nSPS) is 12.4. The first-order valence-electron chi connectivity index (χ1n) is 10.3. The van der Waals surface area contributed by atoms with Crippen LogP contribution in [0.2, 0.25) is 0 Å². The van der Waals surface area contributed by atoms with Crippen LogP contribution in [0.3, 0.4) is 0 Å². The molecule has 6 heteroatoms. The molecule has 158 valence electrons. The van der Waals surface area contributed by atoms with Crippen molar-refractivity contribution in [2.24, 2.45) is 0 Å². The third-order valence-corrected chi connectivity index (χ3v) is 6.05. The summed E-state index contributed by atoms with van der Waals surface area (Å²) >= 11 is 1.30. The topological polar surface area (TPSA) is 61.4 Å². The van der Waals surface area contributed by atoms with Crippen LogP contribution in [0.15, 0.2) is 72.8 Å². The molecule has 1 aliphatic heterocycles. The number of para-hydroxylation sites is 1. The molecule has 3 aromatic rings. The van der Waals surface area contributed by atoms with E-state index < -0.39 is 0 Å². The predicted octanol–water partition coefficient (Wildman–Crippen LogP) is 5.00. The number of nitrogens with one attached hydrogen (secondary N) is 2. The fraction of sp³-hybridized carbons (Fsp3) is 0.200. The minimum Gasteiger partial charge on any atom is -0.341 e. The van der Waals surface area contributed by atoms with Gasteiger partial charge in [0, 0.05) is 29.3 Å². The maximum atomic E-state index is 12.2. The molecule has 4 rings (SSSR count). The fourth-order valence-electron chi connectivity index (χ4n) is 3.68. The second kappa shape index (κ2) is 9.71. The van der Waals surface area contributed by atoms with Crippen LogP contribution in [0, 0.1) is 6.92 Å². The van der Waals surface area contributed by atoms with E-state index in [1.54, 1.807) is 0 Å². The molecule has 1 heterocycles. The molecule has 0 unspecified atom stereocenters. The lowest BCUT2D eigenvalue weighted by atomic mass is 10.2. The molecule has 0 aromatic heterocycles. The standard InChI is InChI=1S/C25H25N3O2S/c1-18-5-4-7-21(15-18)27-25(30)17-31-16-24(29)26-20-9-11-22(12-10-20)28-14-13-19-6-2-3-8-23(19)28/h2-12,15H,13-14,16-17H2,1H3,(H,26,29)(H,27,30). The van der Waals surface area contributed by atoms with Gasteiger partial charge < -0.3 is 15.5 Å². The Bertz CT molecular complexity index is 1080. The Morgan fingerprint density at radius 1 is 0.871 bits per heavy atom. The first-order chi connectivity index (χ1) is 15.1. The van der Waals surface area contributed by atoms with Gasteiger partial charge in [-0.25, -0.2) is 0 Å². The molecular formula is C25H25N3O2S. The Hall–Kier alpha value is -3.25. The van der Waals surface area contributed by atoms with Crippen molar-refractivity contribution < 1.29 is 9.59 Å². The van der Waals surface area contributed by atoms with E-state index in [1.165, 1.54) is 23.0 Å². The van der Waals surface area contributed by atoms with Gasteiger partial charge in [0.05, 0.1) is 11.5 Å². The zero-order chi connectivity index (χ0) is 21.6. The quantitative estimate of drug-likeness (QED) is 0.553. The summed E-state index contributed by atoms with van der Waals surface area (Å²) in [6, 6.07) is 24.0. The molecule has 0 radical (unpaired) electrons. The van der Waals surface area contributed by atoms with Crippen LogP contribution >= 0.6 is 11.8 Å². The Morgan fingerprint density at radius 3 is 2.32 bits per heavy atom. The molecule has 31 heavy (non-hydrogen) atoms. The number of aryl methyl sites for hydroxylation is 1. The molecular weight excluding hydrogens is 406 g/mol. The number of carbonyl (C=O) groups is 2.